The van der Waals surface area contributed by atoms with E-state index in [-0.39, 0.29) is 0 Å². The molecule has 0 saturated carbocycles. The van der Waals surface area contributed by atoms with Gasteiger partial charge in [-0.1, -0.05) is 12.1 Å². The summed E-state index contributed by atoms with van der Waals surface area (Å²) in [7, 11) is 0. The Balaban J connectivity index is 3.15. The van der Waals surface area contributed by atoms with Crippen molar-refractivity contribution in [3.63, 3.8) is 0 Å². The van der Waals surface area contributed by atoms with Crippen molar-refractivity contribution in [2.24, 2.45) is 0 Å². The second kappa shape index (κ2) is 3.88. The zero-order valence-electron chi connectivity index (χ0n) is 7.78. The lowest BCUT2D eigenvalue weighted by atomic mass is 10.0. The fourth-order valence-corrected chi connectivity index (χ4v) is 1.23. The molecule has 1 rings (SSSR count). The number of alkyl halides is 6. The number of para-hydroxylation sites is 1. The summed E-state index contributed by atoms with van der Waals surface area (Å²) in [5, 5.41) is 0. The molecule has 0 aliphatic heterocycles. The fraction of sp³-hybridized carbons (Fsp3) is 0.333. The van der Waals surface area contributed by atoms with E-state index >= 15 is 0 Å². The number of hydrogen-bond acceptors (Lipinski definition) is 1. The van der Waals surface area contributed by atoms with Crippen LogP contribution in [0.5, 0.6) is 0 Å². The largest absolute Gasteiger partial charge is 0.418 e. The molecule has 0 atom stereocenters. The Hall–Kier alpha value is -1.40. The molecule has 1 aromatic carbocycles. The first-order chi connectivity index (χ1) is 7.11. The van der Waals surface area contributed by atoms with Gasteiger partial charge in [0.1, 0.15) is 0 Å². The number of rotatable bonds is 1. The molecule has 0 aliphatic carbocycles. The molecule has 2 N–H and O–H groups in total. The summed E-state index contributed by atoms with van der Waals surface area (Å²) in [6.45, 7) is 0. The van der Waals surface area contributed by atoms with Gasteiger partial charge in [0.25, 0.3) is 0 Å². The Morgan fingerprint density at radius 3 is 2.00 bits per heavy atom. The summed E-state index contributed by atoms with van der Waals surface area (Å²) >= 11 is 0. The summed E-state index contributed by atoms with van der Waals surface area (Å²) in [4.78, 5) is 0. The van der Waals surface area contributed by atoms with Gasteiger partial charge in [-0.3, -0.25) is 0 Å². The quantitative estimate of drug-likeness (QED) is 0.593. The van der Waals surface area contributed by atoms with Crippen LogP contribution >= 0.6 is 0 Å². The smallest absolute Gasteiger partial charge is 0.398 e. The van der Waals surface area contributed by atoms with Crippen molar-refractivity contribution in [3.05, 3.63) is 29.3 Å². The number of anilines is 1. The Labute approximate surface area is 86.9 Å². The molecule has 0 radical (unpaired) electrons. The molecule has 0 bridgehead atoms. The third kappa shape index (κ3) is 3.04. The van der Waals surface area contributed by atoms with E-state index in [0.29, 0.717) is 6.07 Å². The van der Waals surface area contributed by atoms with Crippen LogP contribution in [-0.4, -0.2) is 6.18 Å². The summed E-state index contributed by atoms with van der Waals surface area (Å²) in [6, 6.07) is 2.48. The van der Waals surface area contributed by atoms with Crippen molar-refractivity contribution in [1.82, 2.24) is 0 Å². The predicted octanol–water partition coefficient (Wildman–Crippen LogP) is 3.39. The molecule has 1 aromatic rings. The molecular weight excluding hydrogens is 236 g/mol. The summed E-state index contributed by atoms with van der Waals surface area (Å²) in [5.41, 5.74) is 2.38. The fourth-order valence-electron chi connectivity index (χ4n) is 1.23. The topological polar surface area (TPSA) is 26.0 Å². The molecule has 0 unspecified atom stereocenters. The van der Waals surface area contributed by atoms with Crippen LogP contribution in [0, 0.1) is 0 Å². The maximum absolute atomic E-state index is 12.3. The van der Waals surface area contributed by atoms with E-state index in [1.807, 2.05) is 0 Å². The van der Waals surface area contributed by atoms with Crippen LogP contribution in [0.25, 0.3) is 0 Å². The van der Waals surface area contributed by atoms with Crippen molar-refractivity contribution < 1.29 is 26.3 Å². The van der Waals surface area contributed by atoms with Gasteiger partial charge in [0, 0.05) is 5.69 Å². The van der Waals surface area contributed by atoms with E-state index < -0.39 is 35.6 Å². The lowest BCUT2D eigenvalue weighted by molar-refractivity contribution is -0.137. The lowest BCUT2D eigenvalue weighted by Crippen LogP contribution is -2.16. The van der Waals surface area contributed by atoms with Crippen molar-refractivity contribution in [2.45, 2.75) is 18.8 Å². The molecule has 0 heterocycles. The second-order valence-corrected chi connectivity index (χ2v) is 3.17. The predicted molar refractivity (Wildman–Crippen MR) is 45.6 cm³/mol. The zero-order chi connectivity index (χ0) is 12.6. The molecule has 0 aliphatic rings. The SMILES string of the molecule is Nc1c(CC(F)(F)F)cccc1C(F)(F)F. The van der Waals surface area contributed by atoms with Gasteiger partial charge in [-0.15, -0.1) is 0 Å². The molecule has 1 nitrogen and oxygen atoms in total. The Morgan fingerprint density at radius 2 is 1.56 bits per heavy atom. The maximum Gasteiger partial charge on any atom is 0.418 e. The minimum Gasteiger partial charge on any atom is -0.398 e. The number of nitrogens with two attached hydrogens (primary N) is 1. The molecule has 0 spiro atoms. The zero-order valence-corrected chi connectivity index (χ0v) is 7.78. The highest BCUT2D eigenvalue weighted by atomic mass is 19.4. The van der Waals surface area contributed by atoms with Gasteiger partial charge in [0.05, 0.1) is 12.0 Å². The highest BCUT2D eigenvalue weighted by Gasteiger charge is 2.35. The maximum atomic E-state index is 12.3. The third-order valence-corrected chi connectivity index (χ3v) is 1.89. The average Bonchev–Trinajstić information content (AvgIpc) is 2.04. The molecular formula is C9H7F6N. The van der Waals surface area contributed by atoms with Gasteiger partial charge in [0.2, 0.25) is 0 Å². The molecule has 0 aromatic heterocycles. The Morgan fingerprint density at radius 1 is 1.00 bits per heavy atom. The molecule has 0 fully saturated rings. The van der Waals surface area contributed by atoms with Crippen LogP contribution in [0.4, 0.5) is 32.0 Å². The van der Waals surface area contributed by atoms with Gasteiger partial charge >= 0.3 is 12.4 Å². The van der Waals surface area contributed by atoms with Crippen LogP contribution < -0.4 is 5.73 Å². The average molecular weight is 243 g/mol. The number of hydrogen-bond donors (Lipinski definition) is 1. The van der Waals surface area contributed by atoms with Gasteiger partial charge in [-0.05, 0) is 11.6 Å². The number of nitrogen functional groups attached to an aromatic ring is 1. The number of halogens is 6. The first-order valence-electron chi connectivity index (χ1n) is 4.12. The van der Waals surface area contributed by atoms with Crippen LogP contribution in [0.1, 0.15) is 11.1 Å². The van der Waals surface area contributed by atoms with Crippen LogP contribution in [-0.2, 0) is 12.6 Å². The van der Waals surface area contributed by atoms with Crippen molar-refractivity contribution in [2.75, 3.05) is 5.73 Å². The first-order valence-corrected chi connectivity index (χ1v) is 4.12. The molecule has 90 valence electrons. The first kappa shape index (κ1) is 12.7. The summed E-state index contributed by atoms with van der Waals surface area (Å²) in [6.07, 6.45) is -10.8. The van der Waals surface area contributed by atoms with Gasteiger partial charge < -0.3 is 5.73 Å². The van der Waals surface area contributed by atoms with E-state index in [2.05, 4.69) is 0 Å². The highest BCUT2D eigenvalue weighted by Crippen LogP contribution is 2.36. The standard InChI is InChI=1S/C9H7F6N/c10-8(11,12)4-5-2-1-3-6(7(5)16)9(13,14)15/h1-3H,4,16H2. The van der Waals surface area contributed by atoms with E-state index in [1.165, 1.54) is 0 Å². The highest BCUT2D eigenvalue weighted by molar-refractivity contribution is 5.55. The molecule has 7 heteroatoms. The lowest BCUT2D eigenvalue weighted by Gasteiger charge is -2.14. The summed E-state index contributed by atoms with van der Waals surface area (Å²) < 4.78 is 72.9. The third-order valence-electron chi connectivity index (χ3n) is 1.89. The van der Waals surface area contributed by atoms with E-state index in [4.69, 9.17) is 5.73 Å². The molecule has 0 amide bonds. The normalized spacial score (nSPS) is 12.9. The monoisotopic (exact) mass is 243 g/mol. The number of benzene rings is 1. The van der Waals surface area contributed by atoms with Crippen molar-refractivity contribution >= 4 is 5.69 Å². The minimum absolute atomic E-state index is 0.567. The van der Waals surface area contributed by atoms with E-state index in [9.17, 15) is 26.3 Å². The summed E-state index contributed by atoms with van der Waals surface area (Å²) in [5.74, 6) is 0. The van der Waals surface area contributed by atoms with Crippen LogP contribution in [0.2, 0.25) is 0 Å². The van der Waals surface area contributed by atoms with Crippen LogP contribution in [0.3, 0.4) is 0 Å². The van der Waals surface area contributed by atoms with Crippen molar-refractivity contribution in [3.8, 4) is 0 Å². The second-order valence-electron chi connectivity index (χ2n) is 3.17. The molecule has 16 heavy (non-hydrogen) atoms. The minimum atomic E-state index is -4.74. The molecule has 0 saturated heterocycles. The van der Waals surface area contributed by atoms with Gasteiger partial charge in [0.15, 0.2) is 0 Å². The van der Waals surface area contributed by atoms with Gasteiger partial charge in [-0.2, -0.15) is 26.3 Å². The van der Waals surface area contributed by atoms with Gasteiger partial charge in [-0.25, -0.2) is 0 Å². The van der Waals surface area contributed by atoms with Crippen molar-refractivity contribution in [1.29, 1.82) is 0 Å². The Bertz CT molecular complexity index is 379. The van der Waals surface area contributed by atoms with E-state index in [1.54, 1.807) is 0 Å². The van der Waals surface area contributed by atoms with E-state index in [0.717, 1.165) is 12.1 Å². The Kier molecular flexibility index (Phi) is 3.07. The van der Waals surface area contributed by atoms with Crippen LogP contribution in [0.15, 0.2) is 18.2 Å².